The molecule has 5 nitrogen and oxygen atoms in total. The van der Waals surface area contributed by atoms with Gasteiger partial charge in [-0.2, -0.15) is 16.9 Å². The third kappa shape index (κ3) is 4.14. The number of ether oxygens (including phenoxy) is 1. The summed E-state index contributed by atoms with van der Waals surface area (Å²) in [6, 6.07) is 26.1. The molecule has 160 valence electrons. The van der Waals surface area contributed by atoms with Crippen LogP contribution in [-0.2, 0) is 22.7 Å². The number of carbonyl (C=O) groups excluding carboxylic acids is 1. The van der Waals surface area contributed by atoms with Gasteiger partial charge in [-0.25, -0.2) is 4.68 Å². The fourth-order valence-electron chi connectivity index (χ4n) is 3.86. The Morgan fingerprint density at radius 2 is 1.69 bits per heavy atom. The van der Waals surface area contributed by atoms with E-state index in [2.05, 4.69) is 29.6 Å². The molecule has 0 saturated carbocycles. The summed E-state index contributed by atoms with van der Waals surface area (Å²) < 4.78 is 7.09. The van der Waals surface area contributed by atoms with Crippen molar-refractivity contribution in [1.29, 1.82) is 0 Å². The van der Waals surface area contributed by atoms with E-state index < -0.39 is 0 Å². The Bertz CT molecular complexity index is 1230. The number of hydrogen-bond acceptors (Lipinski definition) is 4. The molecule has 0 fully saturated rings. The highest BCUT2D eigenvalue weighted by atomic mass is 32.2. The van der Waals surface area contributed by atoms with Crippen molar-refractivity contribution in [3.63, 3.8) is 0 Å². The summed E-state index contributed by atoms with van der Waals surface area (Å²) in [5.74, 6) is 3.22. The SMILES string of the molecule is COc1ccc(-n2nc3c(c2NC(=O)Cc2ccc(-c4ccccc4)cc2)CSC3)cc1. The monoisotopic (exact) mass is 441 g/mol. The van der Waals surface area contributed by atoms with Crippen molar-refractivity contribution < 1.29 is 9.53 Å². The summed E-state index contributed by atoms with van der Waals surface area (Å²) in [6.45, 7) is 0. The van der Waals surface area contributed by atoms with E-state index in [0.29, 0.717) is 6.42 Å². The Kier molecular flexibility index (Phi) is 5.69. The van der Waals surface area contributed by atoms with Crippen LogP contribution in [0.4, 0.5) is 5.82 Å². The van der Waals surface area contributed by atoms with Gasteiger partial charge in [-0.15, -0.1) is 0 Å². The first-order valence-electron chi connectivity index (χ1n) is 10.5. The maximum atomic E-state index is 12.9. The summed E-state index contributed by atoms with van der Waals surface area (Å²) >= 11 is 1.82. The molecule has 0 bridgehead atoms. The minimum Gasteiger partial charge on any atom is -0.497 e. The fraction of sp³-hybridized carbons (Fsp3) is 0.154. The largest absolute Gasteiger partial charge is 0.497 e. The lowest BCUT2D eigenvalue weighted by molar-refractivity contribution is -0.115. The topological polar surface area (TPSA) is 56.1 Å². The van der Waals surface area contributed by atoms with E-state index in [1.165, 1.54) is 5.56 Å². The summed E-state index contributed by atoms with van der Waals surface area (Å²) in [5.41, 5.74) is 6.32. The molecule has 3 aromatic carbocycles. The minimum atomic E-state index is -0.0492. The summed E-state index contributed by atoms with van der Waals surface area (Å²) in [4.78, 5) is 12.9. The first-order valence-corrected chi connectivity index (χ1v) is 11.6. The van der Waals surface area contributed by atoms with E-state index in [4.69, 9.17) is 9.84 Å². The number of nitrogens with one attached hydrogen (secondary N) is 1. The van der Waals surface area contributed by atoms with Crippen LogP contribution < -0.4 is 10.1 Å². The van der Waals surface area contributed by atoms with Crippen molar-refractivity contribution in [3.05, 3.63) is 95.7 Å². The molecule has 5 rings (SSSR count). The van der Waals surface area contributed by atoms with Crippen LogP contribution in [0.15, 0.2) is 78.9 Å². The first-order chi connectivity index (χ1) is 15.7. The normalized spacial score (nSPS) is 12.4. The van der Waals surface area contributed by atoms with Crippen molar-refractivity contribution in [2.24, 2.45) is 0 Å². The molecule has 0 atom stereocenters. The van der Waals surface area contributed by atoms with Crippen LogP contribution in [0.1, 0.15) is 16.8 Å². The molecule has 0 spiro atoms. The van der Waals surface area contributed by atoms with E-state index >= 15 is 0 Å². The minimum absolute atomic E-state index is 0.0492. The summed E-state index contributed by atoms with van der Waals surface area (Å²) in [7, 11) is 1.65. The quantitative estimate of drug-likeness (QED) is 0.431. The van der Waals surface area contributed by atoms with Gasteiger partial charge in [0.15, 0.2) is 0 Å². The second-order valence-corrected chi connectivity index (χ2v) is 8.65. The number of carbonyl (C=O) groups is 1. The third-order valence-corrected chi connectivity index (χ3v) is 6.52. The van der Waals surface area contributed by atoms with Crippen molar-refractivity contribution in [2.75, 3.05) is 12.4 Å². The van der Waals surface area contributed by atoms with Gasteiger partial charge in [0.25, 0.3) is 0 Å². The molecule has 0 unspecified atom stereocenters. The zero-order valence-corrected chi connectivity index (χ0v) is 18.6. The van der Waals surface area contributed by atoms with Crippen LogP contribution in [0, 0.1) is 0 Å². The molecule has 1 aliphatic heterocycles. The predicted molar refractivity (Wildman–Crippen MR) is 129 cm³/mol. The van der Waals surface area contributed by atoms with Crippen LogP contribution in [-0.4, -0.2) is 22.8 Å². The van der Waals surface area contributed by atoms with Crippen LogP contribution in [0.5, 0.6) is 5.75 Å². The Morgan fingerprint density at radius 3 is 2.41 bits per heavy atom. The average Bonchev–Trinajstić information content (AvgIpc) is 3.43. The zero-order chi connectivity index (χ0) is 21.9. The van der Waals surface area contributed by atoms with Gasteiger partial charge >= 0.3 is 0 Å². The highest BCUT2D eigenvalue weighted by molar-refractivity contribution is 7.98. The molecule has 0 radical (unpaired) electrons. The number of benzene rings is 3. The van der Waals surface area contributed by atoms with Gasteiger partial charge in [-0.1, -0.05) is 54.6 Å². The number of aromatic nitrogens is 2. The van der Waals surface area contributed by atoms with E-state index in [1.54, 1.807) is 7.11 Å². The number of thioether (sulfide) groups is 1. The van der Waals surface area contributed by atoms with Gasteiger partial charge in [-0.3, -0.25) is 4.79 Å². The van der Waals surface area contributed by atoms with E-state index in [-0.39, 0.29) is 5.91 Å². The van der Waals surface area contributed by atoms with Crippen molar-refractivity contribution >= 4 is 23.5 Å². The van der Waals surface area contributed by atoms with Crippen molar-refractivity contribution in [2.45, 2.75) is 17.9 Å². The molecule has 32 heavy (non-hydrogen) atoms. The standard InChI is InChI=1S/C26H23N3O2S/c1-31-22-13-11-21(12-14-22)29-26(23-16-32-17-24(23)28-29)27-25(30)15-18-7-9-20(10-8-18)19-5-3-2-4-6-19/h2-14H,15-17H2,1H3,(H,27,30). The molecule has 1 aliphatic rings. The summed E-state index contributed by atoms with van der Waals surface area (Å²) in [6.07, 6.45) is 0.310. The maximum Gasteiger partial charge on any atom is 0.229 e. The number of methoxy groups -OCH3 is 1. The van der Waals surface area contributed by atoms with Gasteiger partial charge < -0.3 is 10.1 Å². The smallest absolute Gasteiger partial charge is 0.229 e. The Balaban J connectivity index is 1.35. The van der Waals surface area contributed by atoms with E-state index in [0.717, 1.165) is 51.1 Å². The predicted octanol–water partition coefficient (Wildman–Crippen LogP) is 5.48. The number of rotatable bonds is 6. The third-order valence-electron chi connectivity index (χ3n) is 5.55. The van der Waals surface area contributed by atoms with Crippen LogP contribution in [0.2, 0.25) is 0 Å². The molecule has 0 aliphatic carbocycles. The number of nitrogens with zero attached hydrogens (tertiary/aromatic N) is 2. The van der Waals surface area contributed by atoms with E-state index in [1.807, 2.05) is 71.0 Å². The Hall–Kier alpha value is -3.51. The zero-order valence-electron chi connectivity index (χ0n) is 17.7. The highest BCUT2D eigenvalue weighted by Gasteiger charge is 2.24. The lowest BCUT2D eigenvalue weighted by atomic mass is 10.0. The van der Waals surface area contributed by atoms with Gasteiger partial charge in [0.05, 0.1) is 24.9 Å². The van der Waals surface area contributed by atoms with Crippen molar-refractivity contribution in [3.8, 4) is 22.6 Å². The molecular weight excluding hydrogens is 418 g/mol. The van der Waals surface area contributed by atoms with Gasteiger partial charge in [0.2, 0.25) is 5.91 Å². The lowest BCUT2D eigenvalue weighted by Gasteiger charge is -2.12. The molecule has 4 aromatic rings. The molecule has 2 heterocycles. The molecule has 6 heteroatoms. The number of amides is 1. The molecule has 1 aromatic heterocycles. The van der Waals surface area contributed by atoms with Crippen LogP contribution in [0.3, 0.4) is 0 Å². The highest BCUT2D eigenvalue weighted by Crippen LogP contribution is 2.36. The van der Waals surface area contributed by atoms with Gasteiger partial charge in [0, 0.05) is 17.1 Å². The molecular formula is C26H23N3O2S. The second kappa shape index (κ2) is 8.93. The number of fused-ring (bicyclic) bond motifs is 1. The average molecular weight is 442 g/mol. The number of anilines is 1. The molecule has 1 N–H and O–H groups in total. The van der Waals surface area contributed by atoms with Crippen LogP contribution >= 0.6 is 11.8 Å². The first kappa shape index (κ1) is 20.4. The van der Waals surface area contributed by atoms with Crippen LogP contribution in [0.25, 0.3) is 16.8 Å². The Morgan fingerprint density at radius 1 is 0.969 bits per heavy atom. The molecule has 1 amide bonds. The fourth-order valence-corrected chi connectivity index (χ4v) is 4.89. The summed E-state index contributed by atoms with van der Waals surface area (Å²) in [5, 5.41) is 7.89. The van der Waals surface area contributed by atoms with Gasteiger partial charge in [0.1, 0.15) is 11.6 Å². The lowest BCUT2D eigenvalue weighted by Crippen LogP contribution is -2.18. The van der Waals surface area contributed by atoms with E-state index in [9.17, 15) is 4.79 Å². The second-order valence-electron chi connectivity index (χ2n) is 7.66. The maximum absolute atomic E-state index is 12.9. The molecule has 0 saturated heterocycles. The van der Waals surface area contributed by atoms with Gasteiger partial charge in [-0.05, 0) is 41.0 Å². The van der Waals surface area contributed by atoms with Crippen molar-refractivity contribution in [1.82, 2.24) is 9.78 Å². The Labute approximate surface area is 191 Å². The number of hydrogen-bond donors (Lipinski definition) is 1.